The van der Waals surface area contributed by atoms with Crippen LogP contribution >= 0.6 is 11.8 Å². The van der Waals surface area contributed by atoms with E-state index < -0.39 is 0 Å². The van der Waals surface area contributed by atoms with Gasteiger partial charge in [-0.3, -0.25) is 19.1 Å². The maximum atomic E-state index is 12.5. The Morgan fingerprint density at radius 2 is 2.00 bits per heavy atom. The average Bonchev–Trinajstić information content (AvgIpc) is 3.18. The van der Waals surface area contributed by atoms with Gasteiger partial charge in [-0.15, -0.1) is 10.2 Å². The van der Waals surface area contributed by atoms with Gasteiger partial charge >= 0.3 is 0 Å². The summed E-state index contributed by atoms with van der Waals surface area (Å²) in [5, 5.41) is 12.3. The van der Waals surface area contributed by atoms with Crippen molar-refractivity contribution in [1.29, 1.82) is 0 Å². The van der Waals surface area contributed by atoms with Crippen LogP contribution in [0.4, 0.5) is 0 Å². The molecular weight excluding hydrogens is 464 g/mol. The average molecular weight is 495 g/mol. The lowest BCUT2D eigenvalue weighted by atomic mass is 10.1. The molecule has 4 rings (SSSR count). The number of methoxy groups -OCH3 is 1. The second kappa shape index (κ2) is 12.3. The van der Waals surface area contributed by atoms with E-state index in [0.717, 1.165) is 49.2 Å². The molecule has 35 heavy (non-hydrogen) atoms. The smallest absolute Gasteiger partial charge is 0.230 e. The number of aromatic nitrogens is 4. The van der Waals surface area contributed by atoms with E-state index in [2.05, 4.69) is 20.5 Å². The van der Waals surface area contributed by atoms with Gasteiger partial charge in [0.25, 0.3) is 0 Å². The Morgan fingerprint density at radius 3 is 2.77 bits per heavy atom. The van der Waals surface area contributed by atoms with Gasteiger partial charge in [-0.25, -0.2) is 0 Å². The molecule has 1 fully saturated rings. The van der Waals surface area contributed by atoms with E-state index in [1.807, 2.05) is 45.9 Å². The number of thioether (sulfide) groups is 1. The predicted octanol–water partition coefficient (Wildman–Crippen LogP) is 3.02. The number of hydrogen-bond donors (Lipinski definition) is 1. The Labute approximate surface area is 209 Å². The topological polar surface area (TPSA) is 102 Å². The van der Waals surface area contributed by atoms with Gasteiger partial charge in [0.2, 0.25) is 11.8 Å². The second-order valence-corrected chi connectivity index (χ2v) is 9.25. The minimum Gasteiger partial charge on any atom is -0.497 e. The standard InChI is InChI=1S/C25H30N6O3S/c1-34-21-10-8-19(9-11-21)12-14-27-23(32)18-35-25-29-28-22(31(25)20-6-5-13-26-16-20)17-30-15-4-2-3-7-24(30)33/h5-6,8-11,13,16H,2-4,7,12,14-15,17-18H2,1H3,(H,27,32). The van der Waals surface area contributed by atoms with Crippen LogP contribution in [0.3, 0.4) is 0 Å². The van der Waals surface area contributed by atoms with Crippen LogP contribution in [-0.2, 0) is 22.6 Å². The second-order valence-electron chi connectivity index (χ2n) is 8.31. The van der Waals surface area contributed by atoms with Crippen molar-refractivity contribution >= 4 is 23.6 Å². The summed E-state index contributed by atoms with van der Waals surface area (Å²) in [6, 6.07) is 11.6. The number of nitrogens with zero attached hydrogens (tertiary/aromatic N) is 5. The van der Waals surface area contributed by atoms with E-state index in [9.17, 15) is 9.59 Å². The molecule has 1 N–H and O–H groups in total. The van der Waals surface area contributed by atoms with Crippen LogP contribution in [0.5, 0.6) is 5.75 Å². The maximum absolute atomic E-state index is 12.5. The number of rotatable bonds is 10. The summed E-state index contributed by atoms with van der Waals surface area (Å²) in [5.41, 5.74) is 1.93. The Balaban J connectivity index is 1.38. The van der Waals surface area contributed by atoms with E-state index in [1.54, 1.807) is 19.5 Å². The third-order valence-corrected chi connectivity index (χ3v) is 6.76. The zero-order chi connectivity index (χ0) is 24.5. The number of hydrogen-bond acceptors (Lipinski definition) is 7. The first-order valence-corrected chi connectivity index (χ1v) is 12.8. The number of amides is 2. The highest BCUT2D eigenvalue weighted by Gasteiger charge is 2.22. The van der Waals surface area contributed by atoms with Crippen LogP contribution in [0.2, 0.25) is 0 Å². The molecule has 0 aliphatic carbocycles. The lowest BCUT2D eigenvalue weighted by Gasteiger charge is -2.20. The molecule has 1 saturated heterocycles. The fourth-order valence-electron chi connectivity index (χ4n) is 3.94. The molecule has 0 saturated carbocycles. The molecule has 3 heterocycles. The van der Waals surface area contributed by atoms with Gasteiger partial charge in [0, 0.05) is 25.7 Å². The molecule has 1 aliphatic rings. The molecule has 2 aromatic heterocycles. The van der Waals surface area contributed by atoms with Gasteiger partial charge < -0.3 is 15.0 Å². The monoisotopic (exact) mass is 494 g/mol. The molecule has 0 atom stereocenters. The summed E-state index contributed by atoms with van der Waals surface area (Å²) in [6.45, 7) is 1.65. The van der Waals surface area contributed by atoms with Crippen molar-refractivity contribution in [2.45, 2.75) is 43.8 Å². The van der Waals surface area contributed by atoms with Crippen molar-refractivity contribution in [3.8, 4) is 11.4 Å². The highest BCUT2D eigenvalue weighted by Crippen LogP contribution is 2.23. The zero-order valence-corrected chi connectivity index (χ0v) is 20.7. The van der Waals surface area contributed by atoms with E-state index in [0.29, 0.717) is 30.5 Å². The molecule has 10 heteroatoms. The van der Waals surface area contributed by atoms with Gasteiger partial charge in [-0.1, -0.05) is 30.3 Å². The third kappa shape index (κ3) is 6.82. The van der Waals surface area contributed by atoms with Crippen molar-refractivity contribution < 1.29 is 14.3 Å². The molecule has 0 spiro atoms. The lowest BCUT2D eigenvalue weighted by Crippen LogP contribution is -2.31. The summed E-state index contributed by atoms with van der Waals surface area (Å²) in [4.78, 5) is 31.1. The molecular formula is C25H30N6O3S. The summed E-state index contributed by atoms with van der Waals surface area (Å²) >= 11 is 1.32. The first-order chi connectivity index (χ1) is 17.1. The highest BCUT2D eigenvalue weighted by atomic mass is 32.2. The molecule has 184 valence electrons. The lowest BCUT2D eigenvalue weighted by molar-refractivity contribution is -0.131. The van der Waals surface area contributed by atoms with Gasteiger partial charge in [-0.2, -0.15) is 0 Å². The van der Waals surface area contributed by atoms with Crippen LogP contribution < -0.4 is 10.1 Å². The molecule has 1 aromatic carbocycles. The normalized spacial score (nSPS) is 14.0. The predicted molar refractivity (Wildman–Crippen MR) is 133 cm³/mol. The third-order valence-electron chi connectivity index (χ3n) is 5.84. The summed E-state index contributed by atoms with van der Waals surface area (Å²) in [7, 11) is 1.64. The Bertz CT molecular complexity index is 1120. The Morgan fingerprint density at radius 1 is 1.14 bits per heavy atom. The first kappa shape index (κ1) is 24.7. The molecule has 0 radical (unpaired) electrons. The maximum Gasteiger partial charge on any atom is 0.230 e. The molecule has 9 nitrogen and oxygen atoms in total. The number of ether oxygens (including phenoxy) is 1. The van der Waals surface area contributed by atoms with Crippen molar-refractivity contribution in [2.24, 2.45) is 0 Å². The van der Waals surface area contributed by atoms with E-state index in [-0.39, 0.29) is 17.6 Å². The summed E-state index contributed by atoms with van der Waals surface area (Å²) in [6.07, 6.45) is 7.72. The molecule has 1 aliphatic heterocycles. The molecule has 0 unspecified atom stereocenters. The highest BCUT2D eigenvalue weighted by molar-refractivity contribution is 7.99. The van der Waals surface area contributed by atoms with Crippen LogP contribution in [0.25, 0.3) is 5.69 Å². The zero-order valence-electron chi connectivity index (χ0n) is 19.9. The van der Waals surface area contributed by atoms with Crippen molar-refractivity contribution in [1.82, 2.24) is 30.0 Å². The number of carbonyl (C=O) groups is 2. The Kier molecular flexibility index (Phi) is 8.72. The number of nitrogens with one attached hydrogen (secondary N) is 1. The van der Waals surface area contributed by atoms with Gasteiger partial charge in [0.05, 0.1) is 31.3 Å². The van der Waals surface area contributed by atoms with Crippen LogP contribution in [0.1, 0.15) is 37.1 Å². The van der Waals surface area contributed by atoms with Crippen molar-refractivity contribution in [3.63, 3.8) is 0 Å². The van der Waals surface area contributed by atoms with E-state index in [1.165, 1.54) is 11.8 Å². The van der Waals surface area contributed by atoms with E-state index in [4.69, 9.17) is 4.74 Å². The van der Waals surface area contributed by atoms with Gasteiger partial charge in [-0.05, 0) is 49.1 Å². The number of pyridine rings is 1. The van der Waals surface area contributed by atoms with Crippen LogP contribution in [-0.4, -0.2) is 62.4 Å². The largest absolute Gasteiger partial charge is 0.497 e. The molecule has 0 bridgehead atoms. The number of carbonyl (C=O) groups excluding carboxylic acids is 2. The van der Waals surface area contributed by atoms with Gasteiger partial charge in [0.15, 0.2) is 11.0 Å². The van der Waals surface area contributed by atoms with Crippen molar-refractivity contribution in [3.05, 3.63) is 60.2 Å². The fraction of sp³-hybridized carbons (Fsp3) is 0.400. The van der Waals surface area contributed by atoms with E-state index >= 15 is 0 Å². The minimum absolute atomic E-state index is 0.0755. The number of benzene rings is 1. The molecule has 2 amide bonds. The quantitative estimate of drug-likeness (QED) is 0.432. The summed E-state index contributed by atoms with van der Waals surface area (Å²) in [5.74, 6) is 1.76. The van der Waals surface area contributed by atoms with Crippen LogP contribution in [0, 0.1) is 0 Å². The Hall–Kier alpha value is -3.40. The number of likely N-dealkylation sites (tertiary alicyclic amines) is 1. The van der Waals surface area contributed by atoms with Crippen molar-refractivity contribution in [2.75, 3.05) is 26.0 Å². The fourth-order valence-corrected chi connectivity index (χ4v) is 4.74. The SMILES string of the molecule is COc1ccc(CCNC(=O)CSc2nnc(CN3CCCCCC3=O)n2-c2cccnc2)cc1. The van der Waals surface area contributed by atoms with Crippen LogP contribution in [0.15, 0.2) is 53.9 Å². The first-order valence-electron chi connectivity index (χ1n) is 11.8. The molecule has 3 aromatic rings. The summed E-state index contributed by atoms with van der Waals surface area (Å²) < 4.78 is 7.06. The van der Waals surface area contributed by atoms with Gasteiger partial charge in [0.1, 0.15) is 5.75 Å². The minimum atomic E-state index is -0.0755.